The van der Waals surface area contributed by atoms with Gasteiger partial charge in [0.2, 0.25) is 0 Å². The van der Waals surface area contributed by atoms with E-state index in [2.05, 4.69) is 6.92 Å². The van der Waals surface area contributed by atoms with Crippen molar-refractivity contribution in [2.45, 2.75) is 58.3 Å². The van der Waals surface area contributed by atoms with E-state index in [1.54, 1.807) is 6.07 Å². The molecule has 0 aliphatic carbocycles. The molecule has 2 nitrogen and oxygen atoms in total. The average molecular weight is 266 g/mol. The first-order chi connectivity index (χ1) is 9.15. The van der Waals surface area contributed by atoms with Crippen LogP contribution < -0.4 is 0 Å². The number of carbonyl (C=O) groups is 1. The Morgan fingerprint density at radius 3 is 2.32 bits per heavy atom. The summed E-state index contributed by atoms with van der Waals surface area (Å²) in [5, 5.41) is 8.75. The van der Waals surface area contributed by atoms with Crippen molar-refractivity contribution >= 4 is 5.97 Å². The Kier molecular flexibility index (Phi) is 7.16. The smallest absolute Gasteiger partial charge is 0.335 e. The highest BCUT2D eigenvalue weighted by molar-refractivity contribution is 5.87. The van der Waals surface area contributed by atoms with Crippen molar-refractivity contribution in [2.75, 3.05) is 0 Å². The second-order valence-electron chi connectivity index (χ2n) is 4.98. The molecule has 0 saturated carbocycles. The van der Waals surface area contributed by atoms with Gasteiger partial charge in [-0.25, -0.2) is 9.18 Å². The summed E-state index contributed by atoms with van der Waals surface area (Å²) in [6.07, 6.45) is 9.08. The Labute approximate surface area is 114 Å². The van der Waals surface area contributed by atoms with E-state index in [-0.39, 0.29) is 5.56 Å². The fourth-order valence-electron chi connectivity index (χ4n) is 2.16. The maximum atomic E-state index is 13.6. The first kappa shape index (κ1) is 15.7. The lowest BCUT2D eigenvalue weighted by Gasteiger charge is -2.04. The Morgan fingerprint density at radius 1 is 1.11 bits per heavy atom. The number of benzene rings is 1. The molecular formula is C16H23FO2. The summed E-state index contributed by atoms with van der Waals surface area (Å²) in [7, 11) is 0. The Morgan fingerprint density at radius 2 is 1.74 bits per heavy atom. The number of rotatable bonds is 9. The van der Waals surface area contributed by atoms with E-state index >= 15 is 0 Å². The molecular weight excluding hydrogens is 243 g/mol. The summed E-state index contributed by atoms with van der Waals surface area (Å²) in [6.45, 7) is 2.20. The van der Waals surface area contributed by atoms with Gasteiger partial charge in [0.1, 0.15) is 5.82 Å². The van der Waals surface area contributed by atoms with Crippen LogP contribution in [0.25, 0.3) is 0 Å². The fraction of sp³-hybridized carbons (Fsp3) is 0.562. The topological polar surface area (TPSA) is 37.3 Å². The molecule has 19 heavy (non-hydrogen) atoms. The predicted molar refractivity (Wildman–Crippen MR) is 75.1 cm³/mol. The van der Waals surface area contributed by atoms with Crippen LogP contribution in [0.1, 0.15) is 67.8 Å². The maximum Gasteiger partial charge on any atom is 0.335 e. The van der Waals surface area contributed by atoms with Crippen LogP contribution in [0.5, 0.6) is 0 Å². The third-order valence-corrected chi connectivity index (χ3v) is 3.35. The first-order valence-corrected chi connectivity index (χ1v) is 7.17. The third-order valence-electron chi connectivity index (χ3n) is 3.35. The lowest BCUT2D eigenvalue weighted by molar-refractivity contribution is 0.0696. The van der Waals surface area contributed by atoms with E-state index in [1.165, 1.54) is 38.2 Å². The van der Waals surface area contributed by atoms with Crippen molar-refractivity contribution < 1.29 is 14.3 Å². The maximum absolute atomic E-state index is 13.6. The van der Waals surface area contributed by atoms with Gasteiger partial charge in [0.15, 0.2) is 0 Å². The summed E-state index contributed by atoms with van der Waals surface area (Å²) in [4.78, 5) is 10.7. The van der Waals surface area contributed by atoms with Crippen LogP contribution >= 0.6 is 0 Å². The van der Waals surface area contributed by atoms with E-state index in [9.17, 15) is 9.18 Å². The van der Waals surface area contributed by atoms with E-state index < -0.39 is 11.8 Å². The lowest BCUT2D eigenvalue weighted by Crippen LogP contribution is -1.99. The molecule has 0 aliphatic rings. The molecule has 0 fully saturated rings. The highest BCUT2D eigenvalue weighted by Gasteiger charge is 2.07. The molecule has 0 unspecified atom stereocenters. The molecule has 0 aromatic heterocycles. The summed E-state index contributed by atoms with van der Waals surface area (Å²) in [5.41, 5.74) is 0.638. The van der Waals surface area contributed by atoms with Crippen molar-refractivity contribution in [2.24, 2.45) is 0 Å². The summed E-state index contributed by atoms with van der Waals surface area (Å²) in [6, 6.07) is 4.18. The van der Waals surface area contributed by atoms with E-state index in [0.29, 0.717) is 12.0 Å². The number of carboxylic acid groups (broad SMARTS) is 1. The molecule has 106 valence electrons. The van der Waals surface area contributed by atoms with E-state index in [1.807, 2.05) is 0 Å². The minimum atomic E-state index is -1.08. The molecule has 0 aliphatic heterocycles. The van der Waals surface area contributed by atoms with Gasteiger partial charge in [0.25, 0.3) is 0 Å². The van der Waals surface area contributed by atoms with Gasteiger partial charge in [0.05, 0.1) is 5.56 Å². The Balaban J connectivity index is 2.28. The number of hydrogen-bond acceptors (Lipinski definition) is 1. The number of unbranched alkanes of at least 4 members (excludes halogenated alkanes) is 6. The van der Waals surface area contributed by atoms with Crippen LogP contribution in [-0.4, -0.2) is 11.1 Å². The largest absolute Gasteiger partial charge is 0.478 e. The lowest BCUT2D eigenvalue weighted by atomic mass is 10.0. The minimum absolute atomic E-state index is 0.0146. The average Bonchev–Trinajstić information content (AvgIpc) is 2.39. The molecule has 0 heterocycles. The van der Waals surface area contributed by atoms with Crippen LogP contribution in [0.15, 0.2) is 18.2 Å². The van der Waals surface area contributed by atoms with Gasteiger partial charge in [0, 0.05) is 0 Å². The molecule has 0 bridgehead atoms. The second-order valence-corrected chi connectivity index (χ2v) is 4.98. The monoisotopic (exact) mass is 266 g/mol. The SMILES string of the molecule is CCCCCCCCCc1ccc(C(=O)O)cc1F. The zero-order valence-corrected chi connectivity index (χ0v) is 11.6. The Hall–Kier alpha value is -1.38. The molecule has 1 aromatic rings. The number of aromatic carboxylic acids is 1. The van der Waals surface area contributed by atoms with Crippen molar-refractivity contribution in [1.82, 2.24) is 0 Å². The van der Waals surface area contributed by atoms with Crippen molar-refractivity contribution in [3.63, 3.8) is 0 Å². The molecule has 1 aromatic carbocycles. The zero-order chi connectivity index (χ0) is 14.1. The number of halogens is 1. The summed E-state index contributed by atoms with van der Waals surface area (Å²) in [5.74, 6) is -1.48. The summed E-state index contributed by atoms with van der Waals surface area (Å²) >= 11 is 0. The van der Waals surface area contributed by atoms with Crippen molar-refractivity contribution in [3.05, 3.63) is 35.1 Å². The van der Waals surface area contributed by atoms with Crippen LogP contribution in [-0.2, 0) is 6.42 Å². The molecule has 0 amide bonds. The standard InChI is InChI=1S/C16H23FO2/c1-2-3-4-5-6-7-8-9-13-10-11-14(16(18)19)12-15(13)17/h10-12H,2-9H2,1H3,(H,18,19). The van der Waals surface area contributed by atoms with Crippen LogP contribution in [0.2, 0.25) is 0 Å². The summed E-state index contributed by atoms with van der Waals surface area (Å²) < 4.78 is 13.6. The molecule has 1 N–H and O–H groups in total. The van der Waals surface area contributed by atoms with Crippen LogP contribution in [0.3, 0.4) is 0 Å². The molecule has 0 atom stereocenters. The molecule has 1 rings (SSSR count). The first-order valence-electron chi connectivity index (χ1n) is 7.17. The van der Waals surface area contributed by atoms with Gasteiger partial charge in [-0.1, -0.05) is 51.5 Å². The minimum Gasteiger partial charge on any atom is -0.478 e. The second kappa shape index (κ2) is 8.68. The quantitative estimate of drug-likeness (QED) is 0.651. The van der Waals surface area contributed by atoms with Gasteiger partial charge in [-0.05, 0) is 30.5 Å². The highest BCUT2D eigenvalue weighted by atomic mass is 19.1. The van der Waals surface area contributed by atoms with Gasteiger partial charge >= 0.3 is 5.97 Å². The number of hydrogen-bond donors (Lipinski definition) is 1. The van der Waals surface area contributed by atoms with Crippen molar-refractivity contribution in [1.29, 1.82) is 0 Å². The zero-order valence-electron chi connectivity index (χ0n) is 11.6. The molecule has 0 radical (unpaired) electrons. The Bertz CT molecular complexity index is 402. The number of aryl methyl sites for hydroxylation is 1. The number of carboxylic acids is 1. The predicted octanol–water partition coefficient (Wildman–Crippen LogP) is 4.82. The van der Waals surface area contributed by atoms with E-state index in [0.717, 1.165) is 18.9 Å². The van der Waals surface area contributed by atoms with Crippen LogP contribution in [0, 0.1) is 5.82 Å². The molecule has 0 spiro atoms. The normalized spacial score (nSPS) is 10.6. The highest BCUT2D eigenvalue weighted by Crippen LogP contribution is 2.15. The fourth-order valence-corrected chi connectivity index (χ4v) is 2.16. The van der Waals surface area contributed by atoms with Gasteiger partial charge in [-0.3, -0.25) is 0 Å². The van der Waals surface area contributed by atoms with Crippen molar-refractivity contribution in [3.8, 4) is 0 Å². The van der Waals surface area contributed by atoms with Gasteiger partial charge in [-0.2, -0.15) is 0 Å². The van der Waals surface area contributed by atoms with Gasteiger partial charge < -0.3 is 5.11 Å². The third kappa shape index (κ3) is 5.86. The van der Waals surface area contributed by atoms with Gasteiger partial charge in [-0.15, -0.1) is 0 Å². The molecule has 0 saturated heterocycles. The van der Waals surface area contributed by atoms with Crippen LogP contribution in [0.4, 0.5) is 4.39 Å². The van der Waals surface area contributed by atoms with E-state index in [4.69, 9.17) is 5.11 Å². The molecule has 3 heteroatoms.